The van der Waals surface area contributed by atoms with Crippen molar-refractivity contribution in [1.29, 1.82) is 0 Å². The molecule has 3 heterocycles. The number of aromatic nitrogens is 2. The Bertz CT molecular complexity index is 1250. The average molecular weight is 492 g/mol. The molecule has 2 saturated heterocycles. The number of nitrogens with zero attached hydrogens (tertiary/aromatic N) is 3. The molecule has 2 aromatic rings. The Morgan fingerprint density at radius 3 is 2.42 bits per heavy atom. The van der Waals surface area contributed by atoms with Crippen LogP contribution in [0.4, 0.5) is 0 Å². The molecule has 8 heteroatoms. The average Bonchev–Trinajstić information content (AvgIpc) is 3.14. The Balaban J connectivity index is 1.27. The molecule has 36 heavy (non-hydrogen) atoms. The molecule has 3 fully saturated rings. The summed E-state index contributed by atoms with van der Waals surface area (Å²) < 4.78 is 3.09. The van der Waals surface area contributed by atoms with E-state index in [1.807, 2.05) is 18.2 Å². The van der Waals surface area contributed by atoms with Gasteiger partial charge in [0.05, 0.1) is 16.6 Å². The highest BCUT2D eigenvalue weighted by molar-refractivity contribution is 6.00. The number of para-hydroxylation sites is 1. The van der Waals surface area contributed by atoms with Crippen molar-refractivity contribution in [3.05, 3.63) is 34.2 Å². The van der Waals surface area contributed by atoms with Crippen LogP contribution in [0.5, 0.6) is 0 Å². The van der Waals surface area contributed by atoms with Crippen molar-refractivity contribution >= 4 is 22.8 Å². The molecule has 5 rings (SSSR count). The lowest BCUT2D eigenvalue weighted by atomic mass is 9.81. The van der Waals surface area contributed by atoms with Crippen molar-refractivity contribution in [2.75, 3.05) is 26.2 Å². The number of hydrogen-bond acceptors (Lipinski definition) is 5. The zero-order chi connectivity index (χ0) is 25.2. The second kappa shape index (κ2) is 10.6. The van der Waals surface area contributed by atoms with Crippen molar-refractivity contribution in [2.24, 2.45) is 30.5 Å². The summed E-state index contributed by atoms with van der Waals surface area (Å²) in [5.74, 6) is 8.01. The van der Waals surface area contributed by atoms with Gasteiger partial charge in [-0.05, 0) is 88.5 Å². The SMILES string of the molecule is Cn1c(=O)n(C2CCC(=O)NC2=O)c2cccc(C#CC3CCN(CC4CCC(CN)CC4)CC3)c21. The fourth-order valence-electron chi connectivity index (χ4n) is 6.22. The number of likely N-dealkylation sites (tertiary alicyclic amines) is 1. The summed E-state index contributed by atoms with van der Waals surface area (Å²) >= 11 is 0. The van der Waals surface area contributed by atoms with Gasteiger partial charge in [0.1, 0.15) is 6.04 Å². The summed E-state index contributed by atoms with van der Waals surface area (Å²) in [6, 6.07) is 4.99. The molecule has 1 unspecified atom stereocenters. The second-order valence-electron chi connectivity index (χ2n) is 10.8. The van der Waals surface area contributed by atoms with Crippen molar-refractivity contribution in [1.82, 2.24) is 19.4 Å². The van der Waals surface area contributed by atoms with Crippen molar-refractivity contribution in [2.45, 2.75) is 57.4 Å². The minimum Gasteiger partial charge on any atom is -0.330 e. The highest BCUT2D eigenvalue weighted by atomic mass is 16.2. The van der Waals surface area contributed by atoms with Crippen LogP contribution in [0.3, 0.4) is 0 Å². The second-order valence-corrected chi connectivity index (χ2v) is 10.8. The van der Waals surface area contributed by atoms with Gasteiger partial charge in [-0.15, -0.1) is 0 Å². The smallest absolute Gasteiger partial charge is 0.329 e. The van der Waals surface area contributed by atoms with Crippen LogP contribution in [0.1, 0.15) is 63.0 Å². The number of rotatable bonds is 4. The van der Waals surface area contributed by atoms with Crippen LogP contribution in [0.25, 0.3) is 11.0 Å². The molecule has 0 bridgehead atoms. The first-order valence-electron chi connectivity index (χ1n) is 13.4. The minimum atomic E-state index is -0.684. The molecular weight excluding hydrogens is 454 g/mol. The summed E-state index contributed by atoms with van der Waals surface area (Å²) in [4.78, 5) is 39.8. The normalized spacial score (nSPS) is 26.0. The molecule has 8 nitrogen and oxygen atoms in total. The van der Waals surface area contributed by atoms with E-state index >= 15 is 0 Å². The number of piperidine rings is 2. The van der Waals surface area contributed by atoms with Crippen molar-refractivity contribution < 1.29 is 9.59 Å². The molecule has 192 valence electrons. The van der Waals surface area contributed by atoms with Gasteiger partial charge in [-0.1, -0.05) is 17.9 Å². The summed E-state index contributed by atoms with van der Waals surface area (Å²) in [5.41, 5.74) is 7.81. The zero-order valence-electron chi connectivity index (χ0n) is 21.2. The van der Waals surface area contributed by atoms with Crippen LogP contribution < -0.4 is 16.7 Å². The van der Waals surface area contributed by atoms with E-state index in [1.165, 1.54) is 36.8 Å². The quantitative estimate of drug-likeness (QED) is 0.504. The van der Waals surface area contributed by atoms with Gasteiger partial charge in [0.15, 0.2) is 0 Å². The van der Waals surface area contributed by atoms with Crippen LogP contribution in [-0.2, 0) is 16.6 Å². The van der Waals surface area contributed by atoms with Gasteiger partial charge < -0.3 is 10.6 Å². The van der Waals surface area contributed by atoms with Crippen LogP contribution >= 0.6 is 0 Å². The summed E-state index contributed by atoms with van der Waals surface area (Å²) in [6.07, 6.45) is 7.87. The molecule has 1 saturated carbocycles. The molecule has 3 aliphatic rings. The number of nitrogens with two attached hydrogens (primary N) is 1. The Hall–Kier alpha value is -2.89. The van der Waals surface area contributed by atoms with E-state index in [0.29, 0.717) is 17.9 Å². The predicted molar refractivity (Wildman–Crippen MR) is 139 cm³/mol. The maximum absolute atomic E-state index is 13.1. The Kier molecular flexibility index (Phi) is 7.31. The number of imidazole rings is 1. The number of benzene rings is 1. The van der Waals surface area contributed by atoms with E-state index in [2.05, 4.69) is 22.1 Å². The third-order valence-electron chi connectivity index (χ3n) is 8.44. The first-order valence-corrected chi connectivity index (χ1v) is 13.4. The Labute approximate surface area is 212 Å². The van der Waals surface area contributed by atoms with E-state index in [9.17, 15) is 14.4 Å². The third kappa shape index (κ3) is 5.00. The van der Waals surface area contributed by atoms with Gasteiger partial charge in [-0.2, -0.15) is 0 Å². The molecule has 2 amide bonds. The number of carbonyl (C=O) groups is 2. The molecular formula is C28H37N5O3. The van der Waals surface area contributed by atoms with Crippen LogP contribution in [-0.4, -0.2) is 52.0 Å². The minimum absolute atomic E-state index is 0.229. The number of carbonyl (C=O) groups excluding carboxylic acids is 2. The van der Waals surface area contributed by atoms with Gasteiger partial charge in [0.25, 0.3) is 0 Å². The first-order chi connectivity index (χ1) is 17.4. The lowest BCUT2D eigenvalue weighted by Crippen LogP contribution is -2.44. The summed E-state index contributed by atoms with van der Waals surface area (Å²) in [7, 11) is 1.72. The van der Waals surface area contributed by atoms with Gasteiger partial charge >= 0.3 is 5.69 Å². The largest absolute Gasteiger partial charge is 0.330 e. The van der Waals surface area contributed by atoms with E-state index in [1.54, 1.807) is 11.6 Å². The molecule has 0 radical (unpaired) electrons. The number of hydrogen-bond donors (Lipinski definition) is 2. The molecule has 2 aliphatic heterocycles. The number of amides is 2. The van der Waals surface area contributed by atoms with Gasteiger partial charge in [0.2, 0.25) is 11.8 Å². The van der Waals surface area contributed by atoms with E-state index in [0.717, 1.165) is 55.4 Å². The van der Waals surface area contributed by atoms with Gasteiger partial charge in [-0.3, -0.25) is 24.0 Å². The highest BCUT2D eigenvalue weighted by Crippen LogP contribution is 2.30. The maximum atomic E-state index is 13.1. The first kappa shape index (κ1) is 24.8. The third-order valence-corrected chi connectivity index (χ3v) is 8.44. The fourth-order valence-corrected chi connectivity index (χ4v) is 6.22. The van der Waals surface area contributed by atoms with E-state index < -0.39 is 11.9 Å². The summed E-state index contributed by atoms with van der Waals surface area (Å²) in [5, 5.41) is 2.36. The number of aryl methyl sites for hydroxylation is 1. The Morgan fingerprint density at radius 2 is 1.72 bits per heavy atom. The number of nitrogens with one attached hydrogen (secondary N) is 1. The molecule has 1 aromatic heterocycles. The van der Waals surface area contributed by atoms with E-state index in [4.69, 9.17) is 5.73 Å². The number of imide groups is 1. The standard InChI is InChI=1S/C28H37N5O3/c1-31-26-22(3-2-4-23(26)33(28(31)36)24-11-12-25(34)30-27(24)35)10-9-19-13-15-32(16-14-19)18-21-7-5-20(17-29)6-8-21/h2-4,19-21,24H,5-8,11-18,29H2,1H3,(H,30,34,35). The molecule has 1 atom stereocenters. The fraction of sp³-hybridized carbons (Fsp3) is 0.607. The molecule has 3 N–H and O–H groups in total. The van der Waals surface area contributed by atoms with Crippen LogP contribution in [0.15, 0.2) is 23.0 Å². The van der Waals surface area contributed by atoms with E-state index in [-0.39, 0.29) is 18.0 Å². The summed E-state index contributed by atoms with van der Waals surface area (Å²) in [6.45, 7) is 4.21. The van der Waals surface area contributed by atoms with Crippen molar-refractivity contribution in [3.8, 4) is 11.8 Å². The van der Waals surface area contributed by atoms with Gasteiger partial charge in [0, 0.05) is 25.9 Å². The lowest BCUT2D eigenvalue weighted by molar-refractivity contribution is -0.135. The molecule has 1 aliphatic carbocycles. The molecule has 1 aromatic carbocycles. The molecule has 0 spiro atoms. The monoisotopic (exact) mass is 491 g/mol. The topological polar surface area (TPSA) is 102 Å². The highest BCUT2D eigenvalue weighted by Gasteiger charge is 2.31. The zero-order valence-corrected chi connectivity index (χ0v) is 21.2. The Morgan fingerprint density at radius 1 is 1.00 bits per heavy atom. The number of fused-ring (bicyclic) bond motifs is 1. The lowest BCUT2D eigenvalue weighted by Gasteiger charge is -2.35. The van der Waals surface area contributed by atoms with Crippen molar-refractivity contribution in [3.63, 3.8) is 0 Å². The predicted octanol–water partition coefficient (Wildman–Crippen LogP) is 2.15. The van der Waals surface area contributed by atoms with Crippen LogP contribution in [0.2, 0.25) is 0 Å². The van der Waals surface area contributed by atoms with Gasteiger partial charge in [-0.25, -0.2) is 4.79 Å². The van der Waals surface area contributed by atoms with Crippen LogP contribution in [0, 0.1) is 29.6 Å². The maximum Gasteiger partial charge on any atom is 0.329 e.